The minimum atomic E-state index is -0.552. The molecule has 0 aliphatic heterocycles. The molecule has 0 aliphatic rings. The molecule has 8 nitrogen and oxygen atoms in total. The summed E-state index contributed by atoms with van der Waals surface area (Å²) in [6.45, 7) is 3.91. The van der Waals surface area contributed by atoms with Crippen molar-refractivity contribution in [3.8, 4) is 5.75 Å². The van der Waals surface area contributed by atoms with Crippen molar-refractivity contribution < 1.29 is 14.1 Å². The second-order valence-electron chi connectivity index (χ2n) is 8.17. The van der Waals surface area contributed by atoms with E-state index < -0.39 is 10.7 Å². The molecule has 10 heteroatoms. The van der Waals surface area contributed by atoms with Crippen LogP contribution in [0.25, 0.3) is 10.9 Å². The van der Waals surface area contributed by atoms with Gasteiger partial charge < -0.3 is 4.74 Å². The molecule has 0 spiro atoms. The standard InChI is InChI=1S/C26H22BrFN4O4/c1-3-16(2)25-30-22-12-9-19(27)13-21(22)26(33)31(25)29-14-18-5-4-6-23(32(34)35)24(18)36-15-17-7-10-20(28)11-8-17/h4-14,16H,3,15H2,1-2H3/t16-/m1/s1. The number of nitro groups is 1. The third kappa shape index (κ3) is 5.33. The van der Waals surface area contributed by atoms with Gasteiger partial charge in [0.05, 0.1) is 22.0 Å². The molecule has 4 aromatic rings. The van der Waals surface area contributed by atoms with E-state index in [-0.39, 0.29) is 29.5 Å². The van der Waals surface area contributed by atoms with Gasteiger partial charge in [-0.05, 0) is 48.4 Å². The summed E-state index contributed by atoms with van der Waals surface area (Å²) in [5, 5.41) is 16.5. The molecule has 3 aromatic carbocycles. The Morgan fingerprint density at radius 1 is 1.22 bits per heavy atom. The molecule has 1 aromatic heterocycles. The van der Waals surface area contributed by atoms with E-state index in [1.807, 2.05) is 19.9 Å². The summed E-state index contributed by atoms with van der Waals surface area (Å²) < 4.78 is 21.0. The van der Waals surface area contributed by atoms with Crippen molar-refractivity contribution >= 4 is 38.7 Å². The zero-order valence-corrected chi connectivity index (χ0v) is 21.1. The van der Waals surface area contributed by atoms with Gasteiger partial charge in [0, 0.05) is 22.0 Å². The predicted molar refractivity (Wildman–Crippen MR) is 139 cm³/mol. The van der Waals surface area contributed by atoms with Crippen LogP contribution < -0.4 is 10.3 Å². The van der Waals surface area contributed by atoms with E-state index in [1.54, 1.807) is 18.2 Å². The molecular weight excluding hydrogens is 531 g/mol. The maximum Gasteiger partial charge on any atom is 0.311 e. The van der Waals surface area contributed by atoms with Crippen LogP contribution in [0.3, 0.4) is 0 Å². The van der Waals surface area contributed by atoms with Crippen LogP contribution in [0.5, 0.6) is 5.75 Å². The number of halogens is 2. The van der Waals surface area contributed by atoms with Gasteiger partial charge in [-0.1, -0.05) is 48.0 Å². The van der Waals surface area contributed by atoms with E-state index in [0.29, 0.717) is 27.9 Å². The molecule has 36 heavy (non-hydrogen) atoms. The first-order valence-corrected chi connectivity index (χ1v) is 12.0. The molecule has 0 N–H and O–H groups in total. The van der Waals surface area contributed by atoms with Crippen LogP contribution in [-0.2, 0) is 6.61 Å². The molecule has 4 rings (SSSR count). The van der Waals surface area contributed by atoms with Gasteiger partial charge in [-0.2, -0.15) is 9.78 Å². The van der Waals surface area contributed by atoms with Gasteiger partial charge in [0.25, 0.3) is 5.56 Å². The topological polar surface area (TPSA) is 99.6 Å². The summed E-state index contributed by atoms with van der Waals surface area (Å²) in [6, 6.07) is 15.4. The minimum Gasteiger partial charge on any atom is -0.481 e. The molecule has 0 bridgehead atoms. The van der Waals surface area contributed by atoms with E-state index in [2.05, 4.69) is 26.0 Å². The van der Waals surface area contributed by atoms with Crippen molar-refractivity contribution in [3.05, 3.63) is 108 Å². The van der Waals surface area contributed by atoms with Crippen LogP contribution in [0.15, 0.2) is 75.0 Å². The van der Waals surface area contributed by atoms with Gasteiger partial charge in [0.1, 0.15) is 18.2 Å². The van der Waals surface area contributed by atoms with Gasteiger partial charge in [0.15, 0.2) is 0 Å². The average molecular weight is 553 g/mol. The number of rotatable bonds is 8. The van der Waals surface area contributed by atoms with Gasteiger partial charge >= 0.3 is 5.69 Å². The SMILES string of the molecule is CC[C@@H](C)c1nc2ccc(Br)cc2c(=O)n1N=Cc1cccc([N+](=O)[O-])c1OCc1ccc(F)cc1. The van der Waals surface area contributed by atoms with E-state index in [0.717, 1.165) is 10.9 Å². The lowest BCUT2D eigenvalue weighted by molar-refractivity contribution is -0.385. The Morgan fingerprint density at radius 2 is 1.97 bits per heavy atom. The van der Waals surface area contributed by atoms with Crippen molar-refractivity contribution in [2.75, 3.05) is 0 Å². The first-order valence-electron chi connectivity index (χ1n) is 11.2. The quantitative estimate of drug-likeness (QED) is 0.147. The molecule has 1 atom stereocenters. The highest BCUT2D eigenvalue weighted by molar-refractivity contribution is 9.10. The van der Waals surface area contributed by atoms with Gasteiger partial charge in [-0.15, -0.1) is 0 Å². The number of para-hydroxylation sites is 1. The highest BCUT2D eigenvalue weighted by atomic mass is 79.9. The van der Waals surface area contributed by atoms with Gasteiger partial charge in [-0.3, -0.25) is 14.9 Å². The zero-order valence-electron chi connectivity index (χ0n) is 19.5. The lowest BCUT2D eigenvalue weighted by atomic mass is 10.1. The second-order valence-corrected chi connectivity index (χ2v) is 9.09. The maximum absolute atomic E-state index is 13.4. The smallest absolute Gasteiger partial charge is 0.311 e. The number of hydrogen-bond acceptors (Lipinski definition) is 6. The molecule has 0 unspecified atom stereocenters. The Bertz CT molecular complexity index is 1520. The first-order chi connectivity index (χ1) is 17.3. The number of nitro benzene ring substituents is 1. The molecule has 0 amide bonds. The van der Waals surface area contributed by atoms with Crippen molar-refractivity contribution in [2.45, 2.75) is 32.8 Å². The summed E-state index contributed by atoms with van der Waals surface area (Å²) in [6.07, 6.45) is 2.08. The van der Waals surface area contributed by atoms with Crippen LogP contribution in [0.2, 0.25) is 0 Å². The predicted octanol–water partition coefficient (Wildman–Crippen LogP) is 6.18. The van der Waals surface area contributed by atoms with Crippen molar-refractivity contribution in [1.29, 1.82) is 0 Å². The summed E-state index contributed by atoms with van der Waals surface area (Å²) in [7, 11) is 0. The second kappa shape index (κ2) is 10.8. The van der Waals surface area contributed by atoms with Crippen LogP contribution >= 0.6 is 15.9 Å². The summed E-state index contributed by atoms with van der Waals surface area (Å²) in [5.74, 6) is 0.0102. The number of hydrogen-bond donors (Lipinski definition) is 0. The Kier molecular flexibility index (Phi) is 7.54. The molecule has 0 saturated carbocycles. The molecule has 1 heterocycles. The summed E-state index contributed by atoms with van der Waals surface area (Å²) in [4.78, 5) is 29.2. The highest BCUT2D eigenvalue weighted by Crippen LogP contribution is 2.31. The van der Waals surface area contributed by atoms with Crippen LogP contribution in [-0.4, -0.2) is 20.8 Å². The van der Waals surface area contributed by atoms with Gasteiger partial charge in [0.2, 0.25) is 5.75 Å². The fraction of sp³-hybridized carbons (Fsp3) is 0.192. The van der Waals surface area contributed by atoms with Crippen LogP contribution in [0.1, 0.15) is 43.1 Å². The fourth-order valence-corrected chi connectivity index (χ4v) is 3.94. The number of nitrogens with zero attached hydrogens (tertiary/aromatic N) is 4. The summed E-state index contributed by atoms with van der Waals surface area (Å²) in [5.41, 5.74) is 0.895. The molecular formula is C26H22BrFN4O4. The van der Waals surface area contributed by atoms with Crippen molar-refractivity contribution in [1.82, 2.24) is 9.66 Å². The third-order valence-corrected chi connectivity index (χ3v) is 6.21. The lowest BCUT2D eigenvalue weighted by Gasteiger charge is -2.14. The zero-order chi connectivity index (χ0) is 25.8. The maximum atomic E-state index is 13.4. The van der Waals surface area contributed by atoms with Crippen molar-refractivity contribution in [3.63, 3.8) is 0 Å². The largest absolute Gasteiger partial charge is 0.481 e. The Labute approximate surface area is 214 Å². The van der Waals surface area contributed by atoms with E-state index in [9.17, 15) is 19.3 Å². The monoisotopic (exact) mass is 552 g/mol. The van der Waals surface area contributed by atoms with Crippen LogP contribution in [0.4, 0.5) is 10.1 Å². The third-order valence-electron chi connectivity index (χ3n) is 5.72. The number of ether oxygens (including phenoxy) is 1. The normalized spacial score (nSPS) is 12.2. The average Bonchev–Trinajstić information content (AvgIpc) is 2.87. The molecule has 0 aliphatic carbocycles. The molecule has 0 fully saturated rings. The van der Waals surface area contributed by atoms with Gasteiger partial charge in [-0.25, -0.2) is 9.37 Å². The number of benzene rings is 3. The molecule has 184 valence electrons. The first kappa shape index (κ1) is 25.2. The van der Waals surface area contributed by atoms with E-state index in [1.165, 1.54) is 47.3 Å². The fourth-order valence-electron chi connectivity index (χ4n) is 3.58. The summed E-state index contributed by atoms with van der Waals surface area (Å²) >= 11 is 3.38. The highest BCUT2D eigenvalue weighted by Gasteiger charge is 2.20. The Balaban J connectivity index is 1.79. The Morgan fingerprint density at radius 3 is 2.67 bits per heavy atom. The van der Waals surface area contributed by atoms with E-state index >= 15 is 0 Å². The van der Waals surface area contributed by atoms with E-state index in [4.69, 9.17) is 4.74 Å². The van der Waals surface area contributed by atoms with Crippen molar-refractivity contribution in [2.24, 2.45) is 5.10 Å². The molecule has 0 saturated heterocycles. The van der Waals surface area contributed by atoms with Crippen LogP contribution in [0, 0.1) is 15.9 Å². The number of fused-ring (bicyclic) bond motifs is 1. The Hall–Kier alpha value is -3.92. The number of aromatic nitrogens is 2. The molecule has 0 radical (unpaired) electrons. The minimum absolute atomic E-state index is 0.00907. The lowest BCUT2D eigenvalue weighted by Crippen LogP contribution is -2.23.